The maximum absolute atomic E-state index is 11.1. The van der Waals surface area contributed by atoms with Crippen molar-refractivity contribution in [2.24, 2.45) is 11.5 Å². The van der Waals surface area contributed by atoms with Crippen LogP contribution >= 0.6 is 15.2 Å². The molecule has 0 aromatic heterocycles. The zero-order valence-corrected chi connectivity index (χ0v) is 11.4. The van der Waals surface area contributed by atoms with Crippen molar-refractivity contribution in [2.75, 3.05) is 12.6 Å². The van der Waals surface area contributed by atoms with Gasteiger partial charge in [-0.25, -0.2) is 0 Å². The molecule has 0 saturated heterocycles. The maximum Gasteiger partial charge on any atom is 0.339 e. The third-order valence-corrected chi connectivity index (χ3v) is 3.36. The highest BCUT2D eigenvalue weighted by Crippen LogP contribution is 2.41. The van der Waals surface area contributed by atoms with Gasteiger partial charge in [0.2, 0.25) is 11.8 Å². The fourth-order valence-electron chi connectivity index (χ4n) is 1.32. The summed E-state index contributed by atoms with van der Waals surface area (Å²) in [5, 5.41) is 0. The minimum atomic E-state index is -4.72. The van der Waals surface area contributed by atoms with Crippen LogP contribution < -0.4 is 11.5 Å². The molecule has 0 saturated carbocycles. The van der Waals surface area contributed by atoms with Gasteiger partial charge >= 0.3 is 15.2 Å². The van der Waals surface area contributed by atoms with Gasteiger partial charge in [-0.3, -0.25) is 23.6 Å². The highest BCUT2D eigenvalue weighted by molar-refractivity contribution is 7.52. The van der Waals surface area contributed by atoms with Gasteiger partial charge < -0.3 is 31.0 Å². The van der Waals surface area contributed by atoms with Crippen molar-refractivity contribution in [1.82, 2.24) is 4.90 Å². The molecule has 0 spiro atoms. The quantitative estimate of drug-likeness (QED) is 0.257. The van der Waals surface area contributed by atoms with Crippen LogP contribution in [0.1, 0.15) is 6.42 Å². The molecule has 0 aliphatic heterocycles. The first kappa shape index (κ1) is 18.2. The highest BCUT2D eigenvalue weighted by atomic mass is 31.2. The monoisotopic (exact) mass is 319 g/mol. The number of nitrogens with zero attached hydrogens (tertiary/aromatic N) is 1. The molecule has 0 aliphatic rings. The fourth-order valence-corrected chi connectivity index (χ4v) is 3.01. The lowest BCUT2D eigenvalue weighted by Gasteiger charge is -2.28. The Morgan fingerprint density at radius 3 is 1.58 bits per heavy atom. The Hall–Kier alpha value is -0.800. The van der Waals surface area contributed by atoms with Crippen LogP contribution in [-0.2, 0) is 18.7 Å². The second-order valence-electron chi connectivity index (χ2n) is 3.79. The normalized spacial score (nSPS) is 14.4. The summed E-state index contributed by atoms with van der Waals surface area (Å²) in [5.41, 5.74) is 9.76. The third-order valence-electron chi connectivity index (χ3n) is 1.90. The zero-order valence-electron chi connectivity index (χ0n) is 9.62. The van der Waals surface area contributed by atoms with Crippen molar-refractivity contribution in [3.63, 3.8) is 0 Å². The lowest BCUT2D eigenvalue weighted by molar-refractivity contribution is -0.127. The SMILES string of the molecule is NC(=O)C[C@@H](C(N)=O)N(CP(=O)(O)O)CP(=O)(O)O. The molecular formula is C6H15N3O8P2. The Kier molecular flexibility index (Phi) is 6.30. The molecule has 0 rings (SSSR count). The second-order valence-corrected chi connectivity index (χ2v) is 7.01. The van der Waals surface area contributed by atoms with Gasteiger partial charge in [0.05, 0.1) is 12.5 Å². The van der Waals surface area contributed by atoms with Crippen LogP contribution in [0.3, 0.4) is 0 Å². The Bertz CT molecular complexity index is 418. The molecule has 19 heavy (non-hydrogen) atoms. The summed E-state index contributed by atoms with van der Waals surface area (Å²) in [7, 11) is -9.44. The Morgan fingerprint density at radius 2 is 1.37 bits per heavy atom. The van der Waals surface area contributed by atoms with Gasteiger partial charge in [0.15, 0.2) is 0 Å². The molecule has 13 heteroatoms. The number of carbonyl (C=O) groups excluding carboxylic acids is 2. The maximum atomic E-state index is 11.1. The molecule has 0 aromatic carbocycles. The minimum absolute atomic E-state index is 0.453. The third kappa shape index (κ3) is 8.84. The van der Waals surface area contributed by atoms with Gasteiger partial charge in [-0.15, -0.1) is 0 Å². The fraction of sp³-hybridized carbons (Fsp3) is 0.667. The molecule has 0 aliphatic carbocycles. The molecule has 0 unspecified atom stereocenters. The molecule has 0 fully saturated rings. The Morgan fingerprint density at radius 1 is 1.00 bits per heavy atom. The van der Waals surface area contributed by atoms with Crippen molar-refractivity contribution in [3.8, 4) is 0 Å². The lowest BCUT2D eigenvalue weighted by atomic mass is 10.2. The number of nitrogens with two attached hydrogens (primary N) is 2. The summed E-state index contributed by atoms with van der Waals surface area (Å²) in [4.78, 5) is 57.5. The van der Waals surface area contributed by atoms with Crippen molar-refractivity contribution in [3.05, 3.63) is 0 Å². The number of carbonyl (C=O) groups is 2. The number of hydrogen-bond donors (Lipinski definition) is 6. The van der Waals surface area contributed by atoms with Gasteiger partial charge in [0.25, 0.3) is 0 Å². The summed E-state index contributed by atoms with van der Waals surface area (Å²) in [6.07, 6.45) is -2.99. The predicted molar refractivity (Wildman–Crippen MR) is 62.5 cm³/mol. The van der Waals surface area contributed by atoms with Crippen LogP contribution in [0.25, 0.3) is 0 Å². The minimum Gasteiger partial charge on any atom is -0.370 e. The summed E-state index contributed by atoms with van der Waals surface area (Å²) in [5.74, 6) is -2.19. The van der Waals surface area contributed by atoms with Crippen LogP contribution in [0.2, 0.25) is 0 Å². The molecule has 0 heterocycles. The first-order valence-electron chi connectivity index (χ1n) is 4.72. The van der Waals surface area contributed by atoms with E-state index in [-0.39, 0.29) is 0 Å². The average Bonchev–Trinajstić information content (AvgIpc) is 2.07. The summed E-state index contributed by atoms with van der Waals surface area (Å²) < 4.78 is 21.7. The highest BCUT2D eigenvalue weighted by Gasteiger charge is 2.34. The van der Waals surface area contributed by atoms with E-state index in [0.717, 1.165) is 0 Å². The van der Waals surface area contributed by atoms with Crippen LogP contribution in [0, 0.1) is 0 Å². The van der Waals surface area contributed by atoms with Crippen LogP contribution in [0.15, 0.2) is 0 Å². The largest absolute Gasteiger partial charge is 0.370 e. The van der Waals surface area contributed by atoms with Crippen molar-refractivity contribution >= 4 is 27.0 Å². The summed E-state index contributed by atoms with van der Waals surface area (Å²) in [6.45, 7) is 0. The van der Waals surface area contributed by atoms with E-state index in [9.17, 15) is 18.7 Å². The first-order valence-corrected chi connectivity index (χ1v) is 8.32. The molecule has 0 radical (unpaired) electrons. The van der Waals surface area contributed by atoms with Crippen LogP contribution in [-0.4, -0.2) is 54.9 Å². The number of rotatable bonds is 8. The van der Waals surface area contributed by atoms with E-state index in [1.54, 1.807) is 0 Å². The Labute approximate surface area is 107 Å². The molecule has 0 aromatic rings. The van der Waals surface area contributed by atoms with Crippen LogP contribution in [0.4, 0.5) is 0 Å². The topological polar surface area (TPSA) is 204 Å². The van der Waals surface area contributed by atoms with Crippen molar-refractivity contribution in [1.29, 1.82) is 0 Å². The smallest absolute Gasteiger partial charge is 0.339 e. The van der Waals surface area contributed by atoms with E-state index >= 15 is 0 Å². The number of primary amides is 2. The van der Waals surface area contributed by atoms with Crippen molar-refractivity contribution < 1.29 is 38.3 Å². The molecule has 2 amide bonds. The summed E-state index contributed by atoms with van der Waals surface area (Å²) in [6, 6.07) is -1.61. The van der Waals surface area contributed by atoms with Gasteiger partial charge in [-0.2, -0.15) is 0 Å². The van der Waals surface area contributed by atoms with E-state index < -0.39 is 52.0 Å². The predicted octanol–water partition coefficient (Wildman–Crippen LogP) is -2.71. The number of amides is 2. The molecule has 112 valence electrons. The standard InChI is InChI=1S/C6H15N3O8P2/c7-5(10)1-4(6(8)11)9(2-18(12,13)14)3-19(15,16)17/h4H,1-3H2,(H2,7,10)(H2,8,11)(H2,12,13,14)(H2,15,16,17)/t4-/m0/s1. The first-order chi connectivity index (χ1) is 8.32. The molecular weight excluding hydrogens is 304 g/mol. The summed E-state index contributed by atoms with van der Waals surface area (Å²) >= 11 is 0. The number of hydrogen-bond acceptors (Lipinski definition) is 5. The Balaban J connectivity index is 5.27. The van der Waals surface area contributed by atoms with E-state index in [0.29, 0.717) is 4.90 Å². The van der Waals surface area contributed by atoms with Gasteiger partial charge in [-0.05, 0) is 0 Å². The van der Waals surface area contributed by atoms with Gasteiger partial charge in [0.1, 0.15) is 12.6 Å². The second kappa shape index (κ2) is 6.58. The van der Waals surface area contributed by atoms with Crippen LogP contribution in [0.5, 0.6) is 0 Å². The average molecular weight is 319 g/mol. The molecule has 1 atom stereocenters. The molecule has 11 nitrogen and oxygen atoms in total. The van der Waals surface area contributed by atoms with Gasteiger partial charge in [-0.1, -0.05) is 0 Å². The molecule has 0 bridgehead atoms. The van der Waals surface area contributed by atoms with E-state index in [4.69, 9.17) is 31.0 Å². The van der Waals surface area contributed by atoms with E-state index in [2.05, 4.69) is 0 Å². The van der Waals surface area contributed by atoms with Crippen molar-refractivity contribution in [2.45, 2.75) is 12.5 Å². The molecule has 8 N–H and O–H groups in total. The van der Waals surface area contributed by atoms with E-state index in [1.807, 2.05) is 0 Å². The van der Waals surface area contributed by atoms with E-state index in [1.165, 1.54) is 0 Å². The zero-order chi connectivity index (χ0) is 15.4. The lowest BCUT2D eigenvalue weighted by Crippen LogP contribution is -2.47. The van der Waals surface area contributed by atoms with Gasteiger partial charge in [0, 0.05) is 0 Å².